The van der Waals surface area contributed by atoms with Gasteiger partial charge in [-0.05, 0) is 36.4 Å². The van der Waals surface area contributed by atoms with Crippen molar-refractivity contribution in [2.45, 2.75) is 0 Å². The molecule has 0 radical (unpaired) electrons. The quantitative estimate of drug-likeness (QED) is 0.671. The SMILES string of the molecule is N#Cc1c(N2CCN(c3ccccc3)CC2)cc(-c2ccc(Cl)cc2)oc1=O. The van der Waals surface area contributed by atoms with E-state index in [9.17, 15) is 10.1 Å². The highest BCUT2D eigenvalue weighted by atomic mass is 35.5. The van der Waals surface area contributed by atoms with Gasteiger partial charge >= 0.3 is 5.63 Å². The standard InChI is InChI=1S/C22H18ClN3O2/c23-17-8-6-16(7-9-17)21-14-20(19(15-24)22(27)28-21)26-12-10-25(11-13-26)18-4-2-1-3-5-18/h1-9,14H,10-13H2. The first-order chi connectivity index (χ1) is 13.7. The molecule has 2 aromatic carbocycles. The highest BCUT2D eigenvalue weighted by molar-refractivity contribution is 6.30. The summed E-state index contributed by atoms with van der Waals surface area (Å²) in [6.07, 6.45) is 0. The number of piperazine rings is 1. The molecule has 0 N–H and O–H groups in total. The number of benzene rings is 2. The van der Waals surface area contributed by atoms with Crippen LogP contribution in [0.1, 0.15) is 5.56 Å². The molecule has 6 heteroatoms. The first kappa shape index (κ1) is 18.1. The Bertz CT molecular complexity index is 1060. The van der Waals surface area contributed by atoms with Gasteiger partial charge in [0.25, 0.3) is 0 Å². The Balaban J connectivity index is 1.63. The fourth-order valence-corrected chi connectivity index (χ4v) is 3.56. The summed E-state index contributed by atoms with van der Waals surface area (Å²) in [5, 5.41) is 10.1. The van der Waals surface area contributed by atoms with Crippen LogP contribution in [0, 0.1) is 11.3 Å². The van der Waals surface area contributed by atoms with Gasteiger partial charge in [-0.15, -0.1) is 0 Å². The van der Waals surface area contributed by atoms with Gasteiger partial charge in [-0.25, -0.2) is 4.79 Å². The van der Waals surface area contributed by atoms with E-state index in [1.807, 2.05) is 24.3 Å². The lowest BCUT2D eigenvalue weighted by molar-refractivity contribution is 0.521. The zero-order chi connectivity index (χ0) is 19.5. The first-order valence-corrected chi connectivity index (χ1v) is 9.42. The second-order valence-electron chi connectivity index (χ2n) is 6.59. The topological polar surface area (TPSA) is 60.5 Å². The largest absolute Gasteiger partial charge is 0.422 e. The highest BCUT2D eigenvalue weighted by Crippen LogP contribution is 2.28. The predicted molar refractivity (Wildman–Crippen MR) is 111 cm³/mol. The predicted octanol–water partition coefficient (Wildman–Crippen LogP) is 4.16. The summed E-state index contributed by atoms with van der Waals surface area (Å²) < 4.78 is 5.39. The number of nitriles is 1. The van der Waals surface area contributed by atoms with Gasteiger partial charge in [0.1, 0.15) is 11.8 Å². The highest BCUT2D eigenvalue weighted by Gasteiger charge is 2.23. The summed E-state index contributed by atoms with van der Waals surface area (Å²) in [7, 11) is 0. The lowest BCUT2D eigenvalue weighted by Gasteiger charge is -2.37. The van der Waals surface area contributed by atoms with E-state index >= 15 is 0 Å². The van der Waals surface area contributed by atoms with Gasteiger partial charge in [0.05, 0.1) is 5.69 Å². The number of rotatable bonds is 3. The Hall–Kier alpha value is -3.23. The molecule has 0 saturated carbocycles. The molecule has 28 heavy (non-hydrogen) atoms. The minimum atomic E-state index is -0.615. The molecule has 0 amide bonds. The molecule has 0 aliphatic carbocycles. The molecule has 5 nitrogen and oxygen atoms in total. The Morgan fingerprint density at radius 1 is 0.929 bits per heavy atom. The van der Waals surface area contributed by atoms with Crippen molar-refractivity contribution in [1.82, 2.24) is 0 Å². The number of para-hydroxylation sites is 1. The molecule has 1 saturated heterocycles. The molecule has 4 rings (SSSR count). The van der Waals surface area contributed by atoms with Gasteiger partial charge in [0, 0.05) is 48.5 Å². The van der Waals surface area contributed by atoms with E-state index in [1.165, 1.54) is 5.69 Å². The van der Waals surface area contributed by atoms with Gasteiger partial charge in [0.15, 0.2) is 5.56 Å². The molecule has 0 unspecified atom stereocenters. The zero-order valence-corrected chi connectivity index (χ0v) is 15.9. The number of halogens is 1. The average molecular weight is 392 g/mol. The van der Waals surface area contributed by atoms with E-state index in [2.05, 4.69) is 21.9 Å². The molecular formula is C22H18ClN3O2. The monoisotopic (exact) mass is 391 g/mol. The fourth-order valence-electron chi connectivity index (χ4n) is 3.43. The number of anilines is 2. The minimum Gasteiger partial charge on any atom is -0.422 e. The van der Waals surface area contributed by atoms with Crippen LogP contribution in [0.25, 0.3) is 11.3 Å². The van der Waals surface area contributed by atoms with Crippen molar-refractivity contribution >= 4 is 23.0 Å². The summed E-state index contributed by atoms with van der Waals surface area (Å²) in [6, 6.07) is 21.1. The summed E-state index contributed by atoms with van der Waals surface area (Å²) in [5.41, 5.74) is 1.98. The fraction of sp³-hybridized carbons (Fsp3) is 0.182. The van der Waals surface area contributed by atoms with Crippen LogP contribution in [-0.2, 0) is 0 Å². The Kier molecular flexibility index (Phi) is 5.05. The number of nitrogens with zero attached hydrogens (tertiary/aromatic N) is 3. The van der Waals surface area contributed by atoms with E-state index < -0.39 is 5.63 Å². The second-order valence-corrected chi connectivity index (χ2v) is 7.02. The van der Waals surface area contributed by atoms with Crippen molar-refractivity contribution < 1.29 is 4.42 Å². The van der Waals surface area contributed by atoms with Crippen molar-refractivity contribution in [1.29, 1.82) is 5.26 Å². The molecule has 3 aromatic rings. The summed E-state index contributed by atoms with van der Waals surface area (Å²) in [4.78, 5) is 16.8. The van der Waals surface area contributed by atoms with Gasteiger partial charge in [0.2, 0.25) is 0 Å². The molecule has 2 heterocycles. The van der Waals surface area contributed by atoms with Crippen LogP contribution in [0.3, 0.4) is 0 Å². The van der Waals surface area contributed by atoms with E-state index in [-0.39, 0.29) is 5.56 Å². The van der Waals surface area contributed by atoms with Crippen LogP contribution in [0.5, 0.6) is 0 Å². The van der Waals surface area contributed by atoms with E-state index in [0.29, 0.717) is 29.6 Å². The maximum atomic E-state index is 12.4. The maximum Gasteiger partial charge on any atom is 0.356 e. The van der Waals surface area contributed by atoms with Crippen LogP contribution in [0.2, 0.25) is 5.02 Å². The molecule has 0 spiro atoms. The third-order valence-corrected chi connectivity index (χ3v) is 5.16. The smallest absolute Gasteiger partial charge is 0.356 e. The minimum absolute atomic E-state index is 0.0471. The Labute approximate surface area is 168 Å². The lowest BCUT2D eigenvalue weighted by Crippen LogP contribution is -2.47. The van der Waals surface area contributed by atoms with Crippen molar-refractivity contribution in [2.24, 2.45) is 0 Å². The van der Waals surface area contributed by atoms with Crippen molar-refractivity contribution in [3.63, 3.8) is 0 Å². The number of hydrogen-bond acceptors (Lipinski definition) is 5. The van der Waals surface area contributed by atoms with Crippen molar-refractivity contribution in [3.05, 3.63) is 81.7 Å². The molecule has 140 valence electrons. The van der Waals surface area contributed by atoms with Crippen LogP contribution >= 0.6 is 11.6 Å². The van der Waals surface area contributed by atoms with Crippen molar-refractivity contribution in [2.75, 3.05) is 36.0 Å². The van der Waals surface area contributed by atoms with E-state index in [4.69, 9.17) is 16.0 Å². The van der Waals surface area contributed by atoms with Crippen molar-refractivity contribution in [3.8, 4) is 17.4 Å². The van der Waals surface area contributed by atoms with Gasteiger partial charge < -0.3 is 14.2 Å². The molecule has 0 bridgehead atoms. The van der Waals surface area contributed by atoms with Crippen LogP contribution < -0.4 is 15.4 Å². The van der Waals surface area contributed by atoms with Crippen LogP contribution in [0.15, 0.2) is 69.9 Å². The lowest BCUT2D eigenvalue weighted by atomic mass is 10.1. The maximum absolute atomic E-state index is 12.4. The van der Waals surface area contributed by atoms with Crippen LogP contribution in [0.4, 0.5) is 11.4 Å². The summed E-state index contributed by atoms with van der Waals surface area (Å²) in [5.74, 6) is 0.432. The third-order valence-electron chi connectivity index (χ3n) is 4.91. The van der Waals surface area contributed by atoms with Gasteiger partial charge in [-0.3, -0.25) is 0 Å². The number of hydrogen-bond donors (Lipinski definition) is 0. The normalized spacial score (nSPS) is 14.0. The first-order valence-electron chi connectivity index (χ1n) is 9.05. The summed E-state index contributed by atoms with van der Waals surface area (Å²) in [6.45, 7) is 3.05. The molecule has 1 fully saturated rings. The molecule has 1 aliphatic rings. The van der Waals surface area contributed by atoms with E-state index in [1.54, 1.807) is 30.3 Å². The molecule has 1 aliphatic heterocycles. The third kappa shape index (κ3) is 3.60. The molecule has 1 aromatic heterocycles. The summed E-state index contributed by atoms with van der Waals surface area (Å²) >= 11 is 5.95. The zero-order valence-electron chi connectivity index (χ0n) is 15.1. The van der Waals surface area contributed by atoms with Gasteiger partial charge in [-0.2, -0.15) is 5.26 Å². The second kappa shape index (κ2) is 7.79. The molecular weight excluding hydrogens is 374 g/mol. The van der Waals surface area contributed by atoms with E-state index in [0.717, 1.165) is 18.7 Å². The van der Waals surface area contributed by atoms with Crippen LogP contribution in [-0.4, -0.2) is 26.2 Å². The Morgan fingerprint density at radius 3 is 2.21 bits per heavy atom. The average Bonchev–Trinajstić information content (AvgIpc) is 2.74. The Morgan fingerprint density at radius 2 is 1.57 bits per heavy atom. The molecule has 0 atom stereocenters. The van der Waals surface area contributed by atoms with Gasteiger partial charge in [-0.1, -0.05) is 29.8 Å².